The van der Waals surface area contributed by atoms with Crippen LogP contribution in [0.2, 0.25) is 5.02 Å². The molecule has 6 nitrogen and oxygen atoms in total. The molecule has 2 aromatic rings. The van der Waals surface area contributed by atoms with E-state index in [2.05, 4.69) is 10.9 Å². The lowest BCUT2D eigenvalue weighted by molar-refractivity contribution is -0.128. The first kappa shape index (κ1) is 18.6. The van der Waals surface area contributed by atoms with Crippen LogP contribution >= 0.6 is 11.6 Å². The molecule has 0 saturated carbocycles. The summed E-state index contributed by atoms with van der Waals surface area (Å²) >= 11 is 5.79. The van der Waals surface area contributed by atoms with E-state index in [1.54, 1.807) is 55.5 Å². The number of nitrogens with one attached hydrogen (secondary N) is 2. The van der Waals surface area contributed by atoms with Gasteiger partial charge in [0.25, 0.3) is 11.8 Å². The standard InChI is InChI=1S/C18H19ClN2O4/c1-3-24-15-8-4-13(5-9-15)18(23)21-20-17(22)12(2)25-16-10-6-14(19)7-11-16/h4-12H,3H2,1-2H3,(H,20,22)(H,21,23). The average Bonchev–Trinajstić information content (AvgIpc) is 2.62. The predicted molar refractivity (Wildman–Crippen MR) is 94.8 cm³/mol. The molecule has 1 unspecified atom stereocenters. The van der Waals surface area contributed by atoms with Gasteiger partial charge in [0, 0.05) is 10.6 Å². The van der Waals surface area contributed by atoms with Crippen molar-refractivity contribution in [1.82, 2.24) is 10.9 Å². The van der Waals surface area contributed by atoms with Crippen LogP contribution in [0.4, 0.5) is 0 Å². The van der Waals surface area contributed by atoms with Crippen LogP contribution in [0.5, 0.6) is 11.5 Å². The van der Waals surface area contributed by atoms with Gasteiger partial charge in [0.15, 0.2) is 6.10 Å². The zero-order chi connectivity index (χ0) is 18.2. The lowest BCUT2D eigenvalue weighted by atomic mass is 10.2. The van der Waals surface area contributed by atoms with Crippen LogP contribution < -0.4 is 20.3 Å². The minimum Gasteiger partial charge on any atom is -0.494 e. The summed E-state index contributed by atoms with van der Waals surface area (Å²) < 4.78 is 10.8. The smallest absolute Gasteiger partial charge is 0.279 e. The molecule has 0 spiro atoms. The number of halogens is 1. The van der Waals surface area contributed by atoms with E-state index in [1.165, 1.54) is 0 Å². The van der Waals surface area contributed by atoms with E-state index in [0.29, 0.717) is 28.7 Å². The molecular weight excluding hydrogens is 344 g/mol. The quantitative estimate of drug-likeness (QED) is 0.774. The van der Waals surface area contributed by atoms with Crippen molar-refractivity contribution in [3.63, 3.8) is 0 Å². The van der Waals surface area contributed by atoms with E-state index >= 15 is 0 Å². The molecule has 0 aliphatic carbocycles. The van der Waals surface area contributed by atoms with Gasteiger partial charge in [-0.2, -0.15) is 0 Å². The Bertz CT molecular complexity index is 717. The van der Waals surface area contributed by atoms with Crippen LogP contribution in [-0.2, 0) is 4.79 Å². The first-order valence-electron chi connectivity index (χ1n) is 7.75. The predicted octanol–water partition coefficient (Wildman–Crippen LogP) is 2.97. The molecule has 0 radical (unpaired) electrons. The normalized spacial score (nSPS) is 11.3. The van der Waals surface area contributed by atoms with Gasteiger partial charge >= 0.3 is 0 Å². The van der Waals surface area contributed by atoms with E-state index in [9.17, 15) is 9.59 Å². The molecule has 2 amide bonds. The van der Waals surface area contributed by atoms with Crippen molar-refractivity contribution in [3.8, 4) is 11.5 Å². The number of benzene rings is 2. The summed E-state index contributed by atoms with van der Waals surface area (Å²) in [5.41, 5.74) is 5.08. The molecule has 0 bridgehead atoms. The molecule has 25 heavy (non-hydrogen) atoms. The minimum absolute atomic E-state index is 0.398. The van der Waals surface area contributed by atoms with Gasteiger partial charge in [0.05, 0.1) is 6.61 Å². The Morgan fingerprint density at radius 1 is 1.00 bits per heavy atom. The largest absolute Gasteiger partial charge is 0.494 e. The number of amides is 2. The third-order valence-corrected chi connectivity index (χ3v) is 3.47. The Labute approximate surface area is 151 Å². The fourth-order valence-electron chi connectivity index (χ4n) is 1.93. The van der Waals surface area contributed by atoms with E-state index in [0.717, 1.165) is 0 Å². The molecule has 1 atom stereocenters. The molecule has 0 aromatic heterocycles. The highest BCUT2D eigenvalue weighted by Gasteiger charge is 2.16. The maximum atomic E-state index is 12.0. The van der Waals surface area contributed by atoms with Crippen molar-refractivity contribution in [1.29, 1.82) is 0 Å². The maximum absolute atomic E-state index is 12.0. The second kappa shape index (κ2) is 8.94. The number of carbonyl (C=O) groups is 2. The van der Waals surface area contributed by atoms with Gasteiger partial charge < -0.3 is 9.47 Å². The number of hydrogen-bond donors (Lipinski definition) is 2. The lowest BCUT2D eigenvalue weighted by Crippen LogP contribution is -2.47. The molecule has 0 aliphatic rings. The Balaban J connectivity index is 1.83. The number of ether oxygens (including phenoxy) is 2. The summed E-state index contributed by atoms with van der Waals surface area (Å²) in [7, 11) is 0. The molecule has 7 heteroatoms. The molecule has 2 rings (SSSR count). The van der Waals surface area contributed by atoms with E-state index in [1.807, 2.05) is 6.92 Å². The fraction of sp³-hybridized carbons (Fsp3) is 0.222. The molecule has 2 aromatic carbocycles. The van der Waals surface area contributed by atoms with Crippen molar-refractivity contribution in [3.05, 3.63) is 59.1 Å². The fourth-order valence-corrected chi connectivity index (χ4v) is 2.06. The van der Waals surface area contributed by atoms with Crippen molar-refractivity contribution in [2.75, 3.05) is 6.61 Å². The van der Waals surface area contributed by atoms with Crippen LogP contribution in [0, 0.1) is 0 Å². The van der Waals surface area contributed by atoms with Crippen molar-refractivity contribution in [2.24, 2.45) is 0 Å². The van der Waals surface area contributed by atoms with Gasteiger partial charge in [-0.05, 0) is 62.4 Å². The first-order valence-corrected chi connectivity index (χ1v) is 8.12. The molecule has 0 saturated heterocycles. The number of hydrogen-bond acceptors (Lipinski definition) is 4. The Morgan fingerprint density at radius 3 is 2.20 bits per heavy atom. The number of hydrazine groups is 1. The zero-order valence-corrected chi connectivity index (χ0v) is 14.7. The van der Waals surface area contributed by atoms with E-state index < -0.39 is 17.9 Å². The molecule has 0 aliphatic heterocycles. The van der Waals surface area contributed by atoms with E-state index in [-0.39, 0.29) is 0 Å². The number of rotatable bonds is 6. The van der Waals surface area contributed by atoms with Gasteiger partial charge in [0.2, 0.25) is 0 Å². The Hall–Kier alpha value is -2.73. The van der Waals surface area contributed by atoms with Crippen LogP contribution in [0.1, 0.15) is 24.2 Å². The van der Waals surface area contributed by atoms with Crippen molar-refractivity contribution in [2.45, 2.75) is 20.0 Å². The Kier molecular flexibility index (Phi) is 6.65. The first-order chi connectivity index (χ1) is 12.0. The molecular formula is C18H19ClN2O4. The summed E-state index contributed by atoms with van der Waals surface area (Å²) in [5, 5.41) is 0.576. The second-order valence-electron chi connectivity index (χ2n) is 5.11. The maximum Gasteiger partial charge on any atom is 0.279 e. The van der Waals surface area contributed by atoms with Gasteiger partial charge in [-0.15, -0.1) is 0 Å². The zero-order valence-electron chi connectivity index (χ0n) is 13.9. The lowest BCUT2D eigenvalue weighted by Gasteiger charge is -2.15. The third kappa shape index (κ3) is 5.69. The number of carbonyl (C=O) groups excluding carboxylic acids is 2. The molecule has 2 N–H and O–H groups in total. The summed E-state index contributed by atoms with van der Waals surface area (Å²) in [6.45, 7) is 4.00. The van der Waals surface area contributed by atoms with Crippen molar-refractivity contribution >= 4 is 23.4 Å². The van der Waals surface area contributed by atoms with Crippen LogP contribution in [-0.4, -0.2) is 24.5 Å². The summed E-state index contributed by atoms with van der Waals surface area (Å²) in [6, 6.07) is 13.2. The van der Waals surface area contributed by atoms with Gasteiger partial charge in [0.1, 0.15) is 11.5 Å². The second-order valence-corrected chi connectivity index (χ2v) is 5.55. The Morgan fingerprint density at radius 2 is 1.60 bits per heavy atom. The van der Waals surface area contributed by atoms with E-state index in [4.69, 9.17) is 21.1 Å². The summed E-state index contributed by atoms with van der Waals surface area (Å²) in [6.07, 6.45) is -0.790. The van der Waals surface area contributed by atoms with Crippen molar-refractivity contribution < 1.29 is 19.1 Å². The van der Waals surface area contributed by atoms with Gasteiger partial charge in [-0.3, -0.25) is 20.4 Å². The third-order valence-electron chi connectivity index (χ3n) is 3.22. The molecule has 132 valence electrons. The highest BCUT2D eigenvalue weighted by molar-refractivity contribution is 6.30. The highest BCUT2D eigenvalue weighted by atomic mass is 35.5. The van der Waals surface area contributed by atoms with Gasteiger partial charge in [-0.1, -0.05) is 11.6 Å². The van der Waals surface area contributed by atoms with Crippen LogP contribution in [0.25, 0.3) is 0 Å². The van der Waals surface area contributed by atoms with Crippen LogP contribution in [0.3, 0.4) is 0 Å². The minimum atomic E-state index is -0.790. The summed E-state index contributed by atoms with van der Waals surface area (Å²) in [5.74, 6) is 0.266. The summed E-state index contributed by atoms with van der Waals surface area (Å²) in [4.78, 5) is 24.0. The molecule has 0 heterocycles. The van der Waals surface area contributed by atoms with Crippen LogP contribution in [0.15, 0.2) is 48.5 Å². The SMILES string of the molecule is CCOc1ccc(C(=O)NNC(=O)C(C)Oc2ccc(Cl)cc2)cc1. The average molecular weight is 363 g/mol. The topological polar surface area (TPSA) is 76.7 Å². The van der Waals surface area contributed by atoms with Gasteiger partial charge in [-0.25, -0.2) is 0 Å². The molecule has 0 fully saturated rings. The monoisotopic (exact) mass is 362 g/mol. The highest BCUT2D eigenvalue weighted by Crippen LogP contribution is 2.16.